The van der Waals surface area contributed by atoms with Crippen LogP contribution in [0.3, 0.4) is 0 Å². The molecule has 6 nitrogen and oxygen atoms in total. The molecular formula is C56H107NO5. The highest BCUT2D eigenvalue weighted by atomic mass is 16.5. The summed E-state index contributed by atoms with van der Waals surface area (Å²) in [5.74, 6) is -0.0433. The van der Waals surface area contributed by atoms with Crippen LogP contribution in [0.2, 0.25) is 0 Å². The summed E-state index contributed by atoms with van der Waals surface area (Å²) in [7, 11) is 0. The molecule has 2 atom stereocenters. The highest BCUT2D eigenvalue weighted by Crippen LogP contribution is 2.16. The first kappa shape index (κ1) is 60.3. The number of esters is 1. The molecule has 0 radical (unpaired) electrons. The van der Waals surface area contributed by atoms with Crippen molar-refractivity contribution >= 4 is 11.9 Å². The van der Waals surface area contributed by atoms with Crippen LogP contribution in [-0.2, 0) is 14.3 Å². The average molecular weight is 874 g/mol. The summed E-state index contributed by atoms with van der Waals surface area (Å²) < 4.78 is 5.47. The van der Waals surface area contributed by atoms with E-state index < -0.39 is 12.1 Å². The summed E-state index contributed by atoms with van der Waals surface area (Å²) >= 11 is 0. The third kappa shape index (κ3) is 47.8. The van der Waals surface area contributed by atoms with E-state index in [9.17, 15) is 19.8 Å². The van der Waals surface area contributed by atoms with Gasteiger partial charge in [0.1, 0.15) is 0 Å². The Bertz CT molecular complexity index is 966. The number of nitrogens with one attached hydrogen (secondary N) is 1. The Kier molecular flexibility index (Phi) is 50.6. The molecule has 0 aromatic carbocycles. The van der Waals surface area contributed by atoms with Crippen LogP contribution in [0.15, 0.2) is 24.3 Å². The minimum Gasteiger partial charge on any atom is -0.466 e. The van der Waals surface area contributed by atoms with Gasteiger partial charge in [-0.3, -0.25) is 9.59 Å². The number of allylic oxidation sites excluding steroid dienone is 4. The number of hydrogen-bond donors (Lipinski definition) is 3. The molecule has 0 aromatic heterocycles. The van der Waals surface area contributed by atoms with Gasteiger partial charge in [-0.1, -0.05) is 231 Å². The Morgan fingerprint density at radius 1 is 0.435 bits per heavy atom. The van der Waals surface area contributed by atoms with Gasteiger partial charge in [0.2, 0.25) is 5.91 Å². The van der Waals surface area contributed by atoms with Gasteiger partial charge in [0.05, 0.1) is 25.4 Å². The Morgan fingerprint density at radius 2 is 0.758 bits per heavy atom. The van der Waals surface area contributed by atoms with E-state index in [-0.39, 0.29) is 18.5 Å². The van der Waals surface area contributed by atoms with Gasteiger partial charge in [0, 0.05) is 12.8 Å². The zero-order chi connectivity index (χ0) is 45.1. The van der Waals surface area contributed by atoms with Crippen molar-refractivity contribution in [1.29, 1.82) is 0 Å². The number of carbonyl (C=O) groups excluding carboxylic acids is 2. The molecular weight excluding hydrogens is 767 g/mol. The number of carbonyl (C=O) groups is 2. The maximum atomic E-state index is 12.4. The molecule has 0 saturated heterocycles. The number of ether oxygens (including phenoxy) is 1. The SMILES string of the molecule is CCCCCCC/C=C\CCCCCCCC(=O)OCCCCCCCCCCCCC/C=C\CCCCCCCCCC(=O)NC(CO)C(O)CCCCCCCCCCC. The van der Waals surface area contributed by atoms with Crippen LogP contribution in [0.4, 0.5) is 0 Å². The maximum Gasteiger partial charge on any atom is 0.305 e. The van der Waals surface area contributed by atoms with Gasteiger partial charge >= 0.3 is 5.97 Å². The van der Waals surface area contributed by atoms with E-state index in [1.807, 2.05) is 0 Å². The number of rotatable bonds is 51. The molecule has 0 aromatic rings. The fraction of sp³-hybridized carbons (Fsp3) is 0.893. The normalized spacial score (nSPS) is 12.8. The number of aliphatic hydroxyl groups excluding tert-OH is 2. The van der Waals surface area contributed by atoms with Crippen LogP contribution in [0.5, 0.6) is 0 Å². The Balaban J connectivity index is 3.39. The number of amides is 1. The Labute approximate surface area is 386 Å². The van der Waals surface area contributed by atoms with E-state index in [2.05, 4.69) is 43.5 Å². The average Bonchev–Trinajstić information content (AvgIpc) is 3.27. The van der Waals surface area contributed by atoms with Gasteiger partial charge in [-0.05, 0) is 77.0 Å². The summed E-state index contributed by atoms with van der Waals surface area (Å²) in [4.78, 5) is 24.4. The predicted octanol–water partition coefficient (Wildman–Crippen LogP) is 16.7. The summed E-state index contributed by atoms with van der Waals surface area (Å²) in [6.45, 7) is 4.91. The molecule has 0 saturated carbocycles. The van der Waals surface area contributed by atoms with E-state index in [0.29, 0.717) is 25.9 Å². The lowest BCUT2D eigenvalue weighted by Gasteiger charge is -2.22. The highest BCUT2D eigenvalue weighted by molar-refractivity contribution is 5.76. The van der Waals surface area contributed by atoms with E-state index in [1.54, 1.807) is 0 Å². The zero-order valence-corrected chi connectivity index (χ0v) is 41.6. The van der Waals surface area contributed by atoms with Crippen molar-refractivity contribution in [3.05, 3.63) is 24.3 Å². The van der Waals surface area contributed by atoms with E-state index in [1.165, 1.54) is 218 Å². The molecule has 2 unspecified atom stereocenters. The molecule has 62 heavy (non-hydrogen) atoms. The van der Waals surface area contributed by atoms with Crippen molar-refractivity contribution in [2.24, 2.45) is 0 Å². The van der Waals surface area contributed by atoms with Crippen molar-refractivity contribution < 1.29 is 24.5 Å². The monoisotopic (exact) mass is 874 g/mol. The lowest BCUT2D eigenvalue weighted by Crippen LogP contribution is -2.45. The third-order valence-corrected chi connectivity index (χ3v) is 12.7. The number of unbranched alkanes of at least 4 members (excludes halogenated alkanes) is 36. The summed E-state index contributed by atoms with van der Waals surface area (Å²) in [6, 6.07) is -0.544. The van der Waals surface area contributed by atoms with Crippen molar-refractivity contribution in [2.45, 2.75) is 309 Å². The molecule has 0 bridgehead atoms. The van der Waals surface area contributed by atoms with Crippen LogP contribution in [0.1, 0.15) is 296 Å². The maximum absolute atomic E-state index is 12.4. The molecule has 366 valence electrons. The van der Waals surface area contributed by atoms with Crippen LogP contribution in [-0.4, -0.2) is 47.4 Å². The van der Waals surface area contributed by atoms with E-state index in [0.717, 1.165) is 44.9 Å². The van der Waals surface area contributed by atoms with Gasteiger partial charge in [0.25, 0.3) is 0 Å². The smallest absolute Gasteiger partial charge is 0.305 e. The topological polar surface area (TPSA) is 95.9 Å². The Hall–Kier alpha value is -1.66. The van der Waals surface area contributed by atoms with Crippen LogP contribution in [0.25, 0.3) is 0 Å². The van der Waals surface area contributed by atoms with Crippen molar-refractivity contribution in [3.8, 4) is 0 Å². The molecule has 1 amide bonds. The first-order valence-corrected chi connectivity index (χ1v) is 27.6. The lowest BCUT2D eigenvalue weighted by atomic mass is 10.0. The molecule has 0 fully saturated rings. The zero-order valence-electron chi connectivity index (χ0n) is 41.6. The molecule has 0 aliphatic heterocycles. The molecule has 0 aliphatic rings. The minimum atomic E-state index is -0.666. The molecule has 0 spiro atoms. The minimum absolute atomic E-state index is 0.00113. The molecule has 0 heterocycles. The van der Waals surface area contributed by atoms with Gasteiger partial charge in [-0.25, -0.2) is 0 Å². The third-order valence-electron chi connectivity index (χ3n) is 12.7. The fourth-order valence-corrected chi connectivity index (χ4v) is 8.45. The highest BCUT2D eigenvalue weighted by Gasteiger charge is 2.20. The number of aliphatic hydroxyl groups is 2. The van der Waals surface area contributed by atoms with Gasteiger partial charge in [-0.15, -0.1) is 0 Å². The van der Waals surface area contributed by atoms with Crippen LogP contribution in [0, 0.1) is 0 Å². The van der Waals surface area contributed by atoms with Crippen LogP contribution >= 0.6 is 0 Å². The van der Waals surface area contributed by atoms with E-state index >= 15 is 0 Å². The lowest BCUT2D eigenvalue weighted by molar-refractivity contribution is -0.143. The van der Waals surface area contributed by atoms with E-state index in [4.69, 9.17) is 4.74 Å². The molecule has 6 heteroatoms. The molecule has 0 aliphatic carbocycles. The quantitative estimate of drug-likeness (QED) is 0.0321. The standard InChI is InChI=1S/C56H107NO5/c1-3-5-7-9-11-13-14-15-27-30-34-38-42-46-50-56(61)62-51-47-43-39-35-31-28-25-23-21-19-17-16-18-20-22-24-26-29-33-37-41-45-49-55(60)57-53(52-58)54(59)48-44-40-36-32-12-10-8-6-4-2/h14-15,18,20,53-54,58-59H,3-13,16-17,19,21-52H2,1-2H3,(H,57,60)/b15-14-,20-18-. The largest absolute Gasteiger partial charge is 0.466 e. The predicted molar refractivity (Wildman–Crippen MR) is 269 cm³/mol. The van der Waals surface area contributed by atoms with Crippen molar-refractivity contribution in [2.75, 3.05) is 13.2 Å². The fourth-order valence-electron chi connectivity index (χ4n) is 8.45. The Morgan fingerprint density at radius 3 is 1.15 bits per heavy atom. The molecule has 0 rings (SSSR count). The van der Waals surface area contributed by atoms with Gasteiger partial charge in [-0.2, -0.15) is 0 Å². The van der Waals surface area contributed by atoms with Gasteiger partial charge in [0.15, 0.2) is 0 Å². The van der Waals surface area contributed by atoms with Gasteiger partial charge < -0.3 is 20.3 Å². The first-order chi connectivity index (χ1) is 30.5. The number of hydrogen-bond acceptors (Lipinski definition) is 5. The molecule has 3 N–H and O–H groups in total. The summed E-state index contributed by atoms with van der Waals surface area (Å²) in [5, 5.41) is 23.1. The second kappa shape index (κ2) is 52.0. The second-order valence-corrected chi connectivity index (χ2v) is 18.9. The summed E-state index contributed by atoms with van der Waals surface area (Å²) in [6.07, 6.45) is 61.7. The first-order valence-electron chi connectivity index (χ1n) is 27.6. The van der Waals surface area contributed by atoms with Crippen molar-refractivity contribution in [3.63, 3.8) is 0 Å². The van der Waals surface area contributed by atoms with Crippen LogP contribution < -0.4 is 5.32 Å². The second-order valence-electron chi connectivity index (χ2n) is 18.9. The van der Waals surface area contributed by atoms with Crippen molar-refractivity contribution in [1.82, 2.24) is 5.32 Å². The summed E-state index contributed by atoms with van der Waals surface area (Å²) in [5.41, 5.74) is 0.